The maximum Gasteiger partial charge on any atom is 0.410 e. The van der Waals surface area contributed by atoms with Gasteiger partial charge in [-0.05, 0) is 48.0 Å². The number of carbonyl (C=O) groups is 2. The van der Waals surface area contributed by atoms with Crippen molar-refractivity contribution < 1.29 is 19.1 Å². The van der Waals surface area contributed by atoms with Crippen molar-refractivity contribution in [1.82, 2.24) is 10.2 Å². The summed E-state index contributed by atoms with van der Waals surface area (Å²) >= 11 is 0. The second kappa shape index (κ2) is 6.73. The second-order valence-corrected chi connectivity index (χ2v) is 7.63. The number of piperidine rings is 1. The van der Waals surface area contributed by atoms with Crippen molar-refractivity contribution >= 4 is 12.2 Å². The Kier molecular flexibility index (Phi) is 5.67. The van der Waals surface area contributed by atoms with Crippen LogP contribution in [-0.2, 0) is 9.47 Å². The highest BCUT2D eigenvalue weighted by Crippen LogP contribution is 2.16. The quantitative estimate of drug-likeness (QED) is 0.770. The van der Waals surface area contributed by atoms with E-state index >= 15 is 0 Å². The average Bonchev–Trinajstić information content (AvgIpc) is 2.26. The van der Waals surface area contributed by atoms with Crippen molar-refractivity contribution in [1.29, 1.82) is 0 Å². The molecule has 1 saturated heterocycles. The number of likely N-dealkylation sites (tertiary alicyclic amines) is 1. The van der Waals surface area contributed by atoms with Gasteiger partial charge in [0.05, 0.1) is 6.04 Å². The smallest absolute Gasteiger partial charge is 0.410 e. The molecular formula is C15H29N3O4. The zero-order valence-electron chi connectivity index (χ0n) is 14.4. The zero-order chi connectivity index (χ0) is 17.1. The Morgan fingerprint density at radius 1 is 1.09 bits per heavy atom. The topological polar surface area (TPSA) is 93.9 Å². The van der Waals surface area contributed by atoms with Crippen LogP contribution >= 0.6 is 0 Å². The number of amides is 2. The molecule has 128 valence electrons. The summed E-state index contributed by atoms with van der Waals surface area (Å²) < 4.78 is 10.5. The van der Waals surface area contributed by atoms with Gasteiger partial charge >= 0.3 is 12.2 Å². The lowest BCUT2D eigenvalue weighted by molar-refractivity contribution is 0.0167. The van der Waals surface area contributed by atoms with Crippen molar-refractivity contribution in [3.8, 4) is 0 Å². The first kappa shape index (κ1) is 18.5. The number of nitrogens with zero attached hydrogens (tertiary/aromatic N) is 1. The minimum atomic E-state index is -0.550. The van der Waals surface area contributed by atoms with Gasteiger partial charge < -0.3 is 25.4 Å². The van der Waals surface area contributed by atoms with Gasteiger partial charge in [-0.3, -0.25) is 0 Å². The molecule has 0 radical (unpaired) electrons. The van der Waals surface area contributed by atoms with Gasteiger partial charge in [0, 0.05) is 19.1 Å². The maximum absolute atomic E-state index is 12.0. The molecule has 0 aliphatic carbocycles. The molecule has 1 heterocycles. The fourth-order valence-corrected chi connectivity index (χ4v) is 2.11. The van der Waals surface area contributed by atoms with Crippen molar-refractivity contribution in [2.24, 2.45) is 5.73 Å². The first-order valence-corrected chi connectivity index (χ1v) is 7.60. The summed E-state index contributed by atoms with van der Waals surface area (Å²) in [5, 5.41) is 2.77. The molecule has 0 saturated carbocycles. The molecule has 2 unspecified atom stereocenters. The van der Waals surface area contributed by atoms with Crippen LogP contribution in [-0.4, -0.2) is 53.5 Å². The lowest BCUT2D eigenvalue weighted by Crippen LogP contribution is -2.59. The minimum Gasteiger partial charge on any atom is -0.444 e. The monoisotopic (exact) mass is 315 g/mol. The molecule has 2 atom stereocenters. The number of rotatable bonds is 1. The van der Waals surface area contributed by atoms with Crippen LogP contribution in [0.3, 0.4) is 0 Å². The number of hydrogen-bond acceptors (Lipinski definition) is 5. The summed E-state index contributed by atoms with van der Waals surface area (Å²) in [6, 6.07) is -0.567. The molecule has 7 nitrogen and oxygen atoms in total. The van der Waals surface area contributed by atoms with E-state index in [0.717, 1.165) is 0 Å². The first-order chi connectivity index (χ1) is 9.87. The van der Waals surface area contributed by atoms with E-state index < -0.39 is 17.3 Å². The number of ether oxygens (including phenoxy) is 2. The summed E-state index contributed by atoms with van der Waals surface area (Å²) in [6.07, 6.45) is -0.294. The Balaban J connectivity index is 2.49. The Morgan fingerprint density at radius 2 is 1.64 bits per heavy atom. The van der Waals surface area contributed by atoms with Crippen molar-refractivity contribution in [3.63, 3.8) is 0 Å². The number of nitrogens with two attached hydrogens (primary N) is 1. The van der Waals surface area contributed by atoms with Gasteiger partial charge in [-0.15, -0.1) is 0 Å². The van der Waals surface area contributed by atoms with Gasteiger partial charge in [-0.1, -0.05) is 0 Å². The fourth-order valence-electron chi connectivity index (χ4n) is 2.11. The Morgan fingerprint density at radius 3 is 2.09 bits per heavy atom. The molecule has 1 aliphatic heterocycles. The maximum atomic E-state index is 12.0. The molecule has 3 N–H and O–H groups in total. The molecule has 0 aromatic carbocycles. The zero-order valence-corrected chi connectivity index (χ0v) is 14.4. The van der Waals surface area contributed by atoms with Gasteiger partial charge in [-0.2, -0.15) is 0 Å². The first-order valence-electron chi connectivity index (χ1n) is 7.60. The summed E-state index contributed by atoms with van der Waals surface area (Å²) in [5.74, 6) is 0. The summed E-state index contributed by atoms with van der Waals surface area (Å²) in [7, 11) is 0. The number of alkyl carbamates (subject to hydrolysis) is 1. The van der Waals surface area contributed by atoms with Gasteiger partial charge in [0.25, 0.3) is 0 Å². The van der Waals surface area contributed by atoms with Crippen molar-refractivity contribution in [2.45, 2.75) is 71.2 Å². The molecule has 7 heteroatoms. The van der Waals surface area contributed by atoms with E-state index in [4.69, 9.17) is 15.2 Å². The van der Waals surface area contributed by atoms with Crippen LogP contribution in [0.15, 0.2) is 0 Å². The fraction of sp³-hybridized carbons (Fsp3) is 0.867. The third-order valence-electron chi connectivity index (χ3n) is 3.01. The molecular weight excluding hydrogens is 286 g/mol. The van der Waals surface area contributed by atoms with E-state index in [1.165, 1.54) is 0 Å². The molecule has 0 aromatic heterocycles. The second-order valence-electron chi connectivity index (χ2n) is 7.63. The molecule has 0 bridgehead atoms. The van der Waals surface area contributed by atoms with E-state index in [0.29, 0.717) is 19.5 Å². The molecule has 1 rings (SSSR count). The van der Waals surface area contributed by atoms with Crippen LogP contribution in [0, 0.1) is 0 Å². The van der Waals surface area contributed by atoms with E-state index in [1.54, 1.807) is 25.7 Å². The summed E-state index contributed by atoms with van der Waals surface area (Å²) in [4.78, 5) is 25.4. The third kappa shape index (κ3) is 6.51. The van der Waals surface area contributed by atoms with E-state index in [9.17, 15) is 9.59 Å². The molecule has 1 fully saturated rings. The molecule has 2 amide bonds. The minimum absolute atomic E-state index is 0.214. The number of carbonyl (C=O) groups excluding carboxylic acids is 2. The van der Waals surface area contributed by atoms with Crippen LogP contribution in [0.5, 0.6) is 0 Å². The van der Waals surface area contributed by atoms with E-state index in [1.807, 2.05) is 20.8 Å². The molecule has 1 aliphatic rings. The SMILES string of the molecule is CC(C)(C)OC(=O)NC1CCN(C(=O)OC(C)(C)C)CC1N. The van der Waals surface area contributed by atoms with Gasteiger partial charge in [0.15, 0.2) is 0 Å². The van der Waals surface area contributed by atoms with Crippen LogP contribution in [0.25, 0.3) is 0 Å². The van der Waals surface area contributed by atoms with Crippen molar-refractivity contribution in [2.75, 3.05) is 13.1 Å². The molecule has 0 spiro atoms. The van der Waals surface area contributed by atoms with Crippen molar-refractivity contribution in [3.05, 3.63) is 0 Å². The third-order valence-corrected chi connectivity index (χ3v) is 3.01. The Labute approximate surface area is 132 Å². The van der Waals surface area contributed by atoms with Gasteiger partial charge in [-0.25, -0.2) is 9.59 Å². The van der Waals surface area contributed by atoms with Crippen LogP contribution in [0.1, 0.15) is 48.0 Å². The standard InChI is InChI=1S/C15H29N3O4/c1-14(2,3)21-12(19)17-11-7-8-18(9-10(11)16)13(20)22-15(4,5)6/h10-11H,7-9,16H2,1-6H3,(H,17,19). The predicted molar refractivity (Wildman–Crippen MR) is 83.6 cm³/mol. The van der Waals surface area contributed by atoms with Crippen LogP contribution in [0.4, 0.5) is 9.59 Å². The Bertz CT molecular complexity index is 412. The average molecular weight is 315 g/mol. The lowest BCUT2D eigenvalue weighted by Gasteiger charge is -2.37. The number of hydrogen-bond donors (Lipinski definition) is 2. The highest BCUT2D eigenvalue weighted by Gasteiger charge is 2.33. The number of nitrogens with one attached hydrogen (secondary N) is 1. The molecule has 22 heavy (non-hydrogen) atoms. The normalized spacial score (nSPS) is 23.0. The summed E-state index contributed by atoms with van der Waals surface area (Å²) in [5.41, 5.74) is 4.98. The van der Waals surface area contributed by atoms with Crippen LogP contribution in [0.2, 0.25) is 0 Å². The van der Waals surface area contributed by atoms with Crippen LogP contribution < -0.4 is 11.1 Å². The van der Waals surface area contributed by atoms with Gasteiger partial charge in [0.2, 0.25) is 0 Å². The molecule has 0 aromatic rings. The lowest BCUT2D eigenvalue weighted by atomic mass is 10.0. The van der Waals surface area contributed by atoms with E-state index in [2.05, 4.69) is 5.32 Å². The summed E-state index contributed by atoms with van der Waals surface area (Å²) in [6.45, 7) is 11.7. The highest BCUT2D eigenvalue weighted by molar-refractivity contribution is 5.69. The van der Waals surface area contributed by atoms with E-state index in [-0.39, 0.29) is 18.2 Å². The highest BCUT2D eigenvalue weighted by atomic mass is 16.6. The Hall–Kier alpha value is -1.50. The predicted octanol–water partition coefficient (Wildman–Crippen LogP) is 1.85. The largest absolute Gasteiger partial charge is 0.444 e. The van der Waals surface area contributed by atoms with Gasteiger partial charge in [0.1, 0.15) is 11.2 Å².